The van der Waals surface area contributed by atoms with Gasteiger partial charge in [0.15, 0.2) is 0 Å². The van der Waals surface area contributed by atoms with Crippen LogP contribution in [0.25, 0.3) is 0 Å². The molecule has 2 rings (SSSR count). The van der Waals surface area contributed by atoms with Crippen LogP contribution in [0.5, 0.6) is 0 Å². The Labute approximate surface area is 164 Å². The summed E-state index contributed by atoms with van der Waals surface area (Å²) in [4.78, 5) is 27.1. The van der Waals surface area contributed by atoms with Gasteiger partial charge in [-0.05, 0) is 44.4 Å². The van der Waals surface area contributed by atoms with Gasteiger partial charge in [-0.1, -0.05) is 28.1 Å². The van der Waals surface area contributed by atoms with E-state index in [1.54, 1.807) is 0 Å². The summed E-state index contributed by atoms with van der Waals surface area (Å²) in [5.74, 6) is -0.0808. The number of carbonyl (C=O) groups is 2. The second kappa shape index (κ2) is 9.55. The lowest BCUT2D eigenvalue weighted by molar-refractivity contribution is -0.140. The third-order valence-corrected chi connectivity index (χ3v) is 5.10. The number of hydrogen-bond donors (Lipinski definition) is 2. The lowest BCUT2D eigenvalue weighted by Crippen LogP contribution is -2.50. The molecule has 0 aliphatic carbocycles. The SMILES string of the molecule is CC(C)(C(=O)N1CCCC(C(=O)NCCN)C1)c1cccc(Br)c1.Cl. The summed E-state index contributed by atoms with van der Waals surface area (Å²) < 4.78 is 0.957. The minimum absolute atomic E-state index is 0. The highest BCUT2D eigenvalue weighted by molar-refractivity contribution is 9.10. The Morgan fingerprint density at radius 1 is 1.40 bits per heavy atom. The van der Waals surface area contributed by atoms with Gasteiger partial charge in [0.05, 0.1) is 11.3 Å². The third kappa shape index (κ3) is 5.43. The average molecular weight is 433 g/mol. The van der Waals surface area contributed by atoms with E-state index in [1.807, 2.05) is 43.0 Å². The third-order valence-electron chi connectivity index (χ3n) is 4.60. The minimum atomic E-state index is -0.626. The van der Waals surface area contributed by atoms with Crippen molar-refractivity contribution in [2.24, 2.45) is 11.7 Å². The molecule has 3 N–H and O–H groups in total. The van der Waals surface area contributed by atoms with Crippen LogP contribution in [0, 0.1) is 5.92 Å². The molecule has 0 bridgehead atoms. The van der Waals surface area contributed by atoms with Crippen LogP contribution in [0.4, 0.5) is 0 Å². The summed E-state index contributed by atoms with van der Waals surface area (Å²) >= 11 is 3.46. The number of carbonyl (C=O) groups excluding carboxylic acids is 2. The summed E-state index contributed by atoms with van der Waals surface area (Å²) in [6.45, 7) is 5.97. The van der Waals surface area contributed by atoms with Crippen LogP contribution in [-0.2, 0) is 15.0 Å². The molecule has 1 fully saturated rings. The monoisotopic (exact) mass is 431 g/mol. The number of benzene rings is 1. The Balaban J connectivity index is 0.00000312. The highest BCUT2D eigenvalue weighted by atomic mass is 79.9. The Bertz CT molecular complexity index is 610. The van der Waals surface area contributed by atoms with Crippen molar-refractivity contribution in [2.75, 3.05) is 26.2 Å². The molecule has 0 radical (unpaired) electrons. The maximum absolute atomic E-state index is 13.1. The van der Waals surface area contributed by atoms with Crippen molar-refractivity contribution in [3.63, 3.8) is 0 Å². The molecular weight excluding hydrogens is 406 g/mol. The summed E-state index contributed by atoms with van der Waals surface area (Å²) in [7, 11) is 0. The van der Waals surface area contributed by atoms with Gasteiger partial charge in [0.25, 0.3) is 0 Å². The topological polar surface area (TPSA) is 75.4 Å². The molecular formula is C18H27BrClN3O2. The van der Waals surface area contributed by atoms with Crippen molar-refractivity contribution < 1.29 is 9.59 Å². The fourth-order valence-electron chi connectivity index (χ4n) is 3.11. The van der Waals surface area contributed by atoms with E-state index in [4.69, 9.17) is 5.73 Å². The standard InChI is InChI=1S/C18H26BrN3O2.ClH/c1-18(2,14-6-3-7-15(19)11-14)17(24)22-10-4-5-13(12-22)16(23)21-9-8-20;/h3,6-7,11,13H,4-5,8-10,12,20H2,1-2H3,(H,21,23);1H. The van der Waals surface area contributed by atoms with Crippen LogP contribution >= 0.6 is 28.3 Å². The second-order valence-electron chi connectivity index (χ2n) is 6.81. The van der Waals surface area contributed by atoms with Gasteiger partial charge in [-0.25, -0.2) is 0 Å². The van der Waals surface area contributed by atoms with Crippen molar-refractivity contribution in [3.05, 3.63) is 34.3 Å². The van der Waals surface area contributed by atoms with Gasteiger partial charge < -0.3 is 16.0 Å². The molecule has 7 heteroatoms. The van der Waals surface area contributed by atoms with Crippen LogP contribution < -0.4 is 11.1 Å². The maximum Gasteiger partial charge on any atom is 0.232 e. The summed E-state index contributed by atoms with van der Waals surface area (Å²) in [6, 6.07) is 7.84. The van der Waals surface area contributed by atoms with Gasteiger partial charge in [0, 0.05) is 30.7 Å². The fraction of sp³-hybridized carbons (Fsp3) is 0.556. The second-order valence-corrected chi connectivity index (χ2v) is 7.72. The molecule has 1 unspecified atom stereocenters. The van der Waals surface area contributed by atoms with Gasteiger partial charge >= 0.3 is 0 Å². The number of nitrogens with one attached hydrogen (secondary N) is 1. The largest absolute Gasteiger partial charge is 0.355 e. The van der Waals surface area contributed by atoms with E-state index < -0.39 is 5.41 Å². The van der Waals surface area contributed by atoms with E-state index in [2.05, 4.69) is 21.2 Å². The van der Waals surface area contributed by atoms with E-state index in [9.17, 15) is 9.59 Å². The summed E-state index contributed by atoms with van der Waals surface area (Å²) in [5, 5.41) is 2.83. The number of nitrogens with zero attached hydrogens (tertiary/aromatic N) is 1. The molecule has 1 aromatic carbocycles. The number of likely N-dealkylation sites (tertiary alicyclic amines) is 1. The summed E-state index contributed by atoms with van der Waals surface area (Å²) in [6.07, 6.45) is 1.67. The molecule has 0 saturated carbocycles. The van der Waals surface area contributed by atoms with Crippen LogP contribution in [0.2, 0.25) is 0 Å². The lowest BCUT2D eigenvalue weighted by atomic mass is 9.82. The van der Waals surface area contributed by atoms with Crippen LogP contribution in [0.1, 0.15) is 32.3 Å². The zero-order valence-corrected chi connectivity index (χ0v) is 17.2. The number of nitrogens with two attached hydrogens (primary N) is 1. The average Bonchev–Trinajstić information content (AvgIpc) is 2.59. The van der Waals surface area contributed by atoms with Gasteiger partial charge in [-0.2, -0.15) is 0 Å². The smallest absolute Gasteiger partial charge is 0.232 e. The van der Waals surface area contributed by atoms with Crippen LogP contribution in [0.3, 0.4) is 0 Å². The van der Waals surface area contributed by atoms with Crippen LogP contribution in [-0.4, -0.2) is 42.9 Å². The van der Waals surface area contributed by atoms with Gasteiger partial charge in [-0.3, -0.25) is 9.59 Å². The van der Waals surface area contributed by atoms with E-state index >= 15 is 0 Å². The molecule has 2 amide bonds. The first-order valence-electron chi connectivity index (χ1n) is 8.39. The minimum Gasteiger partial charge on any atom is -0.355 e. The quantitative estimate of drug-likeness (QED) is 0.750. The van der Waals surface area contributed by atoms with Crippen molar-refractivity contribution in [1.29, 1.82) is 0 Å². The van der Waals surface area contributed by atoms with Gasteiger partial charge in [0.1, 0.15) is 0 Å². The Morgan fingerprint density at radius 3 is 2.76 bits per heavy atom. The molecule has 1 aromatic rings. The van der Waals surface area contributed by atoms with Gasteiger partial charge in [-0.15, -0.1) is 12.4 Å². The normalized spacial score (nSPS) is 17.6. The highest BCUT2D eigenvalue weighted by Gasteiger charge is 2.37. The Kier molecular flexibility index (Phi) is 8.38. The van der Waals surface area contributed by atoms with Crippen molar-refractivity contribution in [1.82, 2.24) is 10.2 Å². The maximum atomic E-state index is 13.1. The van der Waals surface area contributed by atoms with Gasteiger partial charge in [0.2, 0.25) is 11.8 Å². The first-order chi connectivity index (χ1) is 11.4. The van der Waals surface area contributed by atoms with Crippen molar-refractivity contribution >= 4 is 40.2 Å². The summed E-state index contributed by atoms with van der Waals surface area (Å²) in [5.41, 5.74) is 5.78. The predicted molar refractivity (Wildman–Crippen MR) is 106 cm³/mol. The molecule has 1 atom stereocenters. The number of piperidine rings is 1. The first-order valence-corrected chi connectivity index (χ1v) is 9.18. The van der Waals surface area contributed by atoms with E-state index in [1.165, 1.54) is 0 Å². The predicted octanol–water partition coefficient (Wildman–Crippen LogP) is 2.46. The zero-order valence-electron chi connectivity index (χ0n) is 14.8. The molecule has 1 saturated heterocycles. The number of rotatable bonds is 5. The molecule has 1 aliphatic heterocycles. The number of halogens is 2. The number of hydrogen-bond acceptors (Lipinski definition) is 3. The zero-order chi connectivity index (χ0) is 17.7. The first kappa shape index (κ1) is 21.9. The molecule has 25 heavy (non-hydrogen) atoms. The number of amides is 2. The molecule has 1 aliphatic rings. The molecule has 0 spiro atoms. The lowest BCUT2D eigenvalue weighted by Gasteiger charge is -2.37. The van der Waals surface area contributed by atoms with Crippen LogP contribution in [0.15, 0.2) is 28.7 Å². The highest BCUT2D eigenvalue weighted by Crippen LogP contribution is 2.30. The molecule has 140 valence electrons. The molecule has 5 nitrogen and oxygen atoms in total. The van der Waals surface area contributed by atoms with Crippen molar-refractivity contribution in [3.8, 4) is 0 Å². The van der Waals surface area contributed by atoms with E-state index in [-0.39, 0.29) is 30.1 Å². The van der Waals surface area contributed by atoms with E-state index in [0.29, 0.717) is 26.2 Å². The molecule has 0 aromatic heterocycles. The Morgan fingerprint density at radius 2 is 2.12 bits per heavy atom. The fourth-order valence-corrected chi connectivity index (χ4v) is 3.51. The Hall–Kier alpha value is -1.11. The van der Waals surface area contributed by atoms with E-state index in [0.717, 1.165) is 22.9 Å². The van der Waals surface area contributed by atoms with Crippen molar-refractivity contribution in [2.45, 2.75) is 32.1 Å². The molecule has 1 heterocycles.